The topological polar surface area (TPSA) is 142 Å². The molecule has 0 saturated carbocycles. The molecule has 0 spiro atoms. The van der Waals surface area contributed by atoms with Crippen LogP contribution in [0.5, 0.6) is 0 Å². The van der Waals surface area contributed by atoms with E-state index in [0.29, 0.717) is 21.2 Å². The zero-order valence-corrected chi connectivity index (χ0v) is 21.9. The maximum atomic E-state index is 12.4. The normalized spacial score (nSPS) is 13.7. The molecule has 0 aromatic heterocycles. The Morgan fingerprint density at radius 1 is 0.971 bits per heavy atom. The summed E-state index contributed by atoms with van der Waals surface area (Å²) in [6.45, 7) is -0.670. The molecule has 0 radical (unpaired) electrons. The fraction of sp³-hybridized carbons (Fsp3) is 0.190. The van der Waals surface area contributed by atoms with Gasteiger partial charge in [0.15, 0.2) is 0 Å². The largest absolute Gasteiger partial charge is 0.289 e. The van der Waals surface area contributed by atoms with Gasteiger partial charge in [0, 0.05) is 21.6 Å². The molecule has 1 amide bonds. The molecule has 190 valence electrons. The van der Waals surface area contributed by atoms with Gasteiger partial charge in [0.1, 0.15) is 6.04 Å². The minimum absolute atomic E-state index is 0.0455. The summed E-state index contributed by atoms with van der Waals surface area (Å²) >= 11 is 17.7. The molecule has 2 aromatic carbocycles. The van der Waals surface area contributed by atoms with Crippen LogP contribution in [0.15, 0.2) is 59.6 Å². The first-order valence-corrected chi connectivity index (χ1v) is 14.3. The molecule has 2 rings (SSSR count). The van der Waals surface area contributed by atoms with E-state index in [-0.39, 0.29) is 5.03 Å². The van der Waals surface area contributed by atoms with Crippen molar-refractivity contribution in [3.8, 4) is 0 Å². The van der Waals surface area contributed by atoms with E-state index in [1.165, 1.54) is 23.7 Å². The minimum atomic E-state index is -4.07. The van der Waals surface area contributed by atoms with Crippen molar-refractivity contribution in [2.45, 2.75) is 6.04 Å². The van der Waals surface area contributed by atoms with Crippen molar-refractivity contribution in [3.63, 3.8) is 0 Å². The number of halogens is 3. The van der Waals surface area contributed by atoms with Crippen molar-refractivity contribution in [1.82, 2.24) is 14.9 Å². The number of carbonyl (C=O) groups is 1. The number of hydrogen-bond donors (Lipinski definition) is 4. The first kappa shape index (κ1) is 29.3. The van der Waals surface area contributed by atoms with Crippen LogP contribution in [0, 0.1) is 0 Å². The Labute approximate surface area is 218 Å². The fourth-order valence-corrected chi connectivity index (χ4v) is 5.60. The Kier molecular flexibility index (Phi) is 11.2. The van der Waals surface area contributed by atoms with E-state index in [0.717, 1.165) is 0 Å². The van der Waals surface area contributed by atoms with Crippen molar-refractivity contribution in [2.75, 3.05) is 18.1 Å². The third-order valence-corrected chi connectivity index (χ3v) is 7.71. The summed E-state index contributed by atoms with van der Waals surface area (Å²) < 4.78 is 53.7. The molecule has 1 unspecified atom stereocenters. The van der Waals surface area contributed by atoms with Gasteiger partial charge in [0.2, 0.25) is 20.0 Å². The van der Waals surface area contributed by atoms with Crippen LogP contribution in [-0.2, 0) is 24.8 Å². The van der Waals surface area contributed by atoms with Crippen LogP contribution in [0.1, 0.15) is 11.1 Å². The molecule has 0 bridgehead atoms. The number of benzene rings is 2. The van der Waals surface area contributed by atoms with Crippen molar-refractivity contribution < 1.29 is 26.8 Å². The van der Waals surface area contributed by atoms with Crippen LogP contribution < -0.4 is 14.9 Å². The molecular formula is C21H22Cl3N3O6S2. The molecule has 0 fully saturated rings. The highest BCUT2D eigenvalue weighted by molar-refractivity contribution is 7.90. The summed E-state index contributed by atoms with van der Waals surface area (Å²) in [7, 11) is -8.13. The number of amides is 1. The Morgan fingerprint density at radius 3 is 2.29 bits per heavy atom. The SMILES string of the molecule is O=C(NO)C(CNS(=O)(=O)CC(Cl)=Cc1cccc(Cl)c1)NS(=O)(=O)CC=Cc1ccc(Cl)cc1. The van der Waals surface area contributed by atoms with Crippen molar-refractivity contribution in [1.29, 1.82) is 0 Å². The zero-order chi connectivity index (χ0) is 26.1. The average molecular weight is 583 g/mol. The van der Waals surface area contributed by atoms with Crippen LogP contribution in [0.2, 0.25) is 10.0 Å². The number of hydrogen-bond acceptors (Lipinski definition) is 6. The molecule has 0 aliphatic rings. The monoisotopic (exact) mass is 581 g/mol. The summed E-state index contributed by atoms with van der Waals surface area (Å²) in [5.41, 5.74) is 2.59. The molecule has 0 heterocycles. The van der Waals surface area contributed by atoms with Gasteiger partial charge in [-0.25, -0.2) is 31.8 Å². The van der Waals surface area contributed by atoms with Gasteiger partial charge in [-0.15, -0.1) is 0 Å². The first-order chi connectivity index (χ1) is 16.4. The lowest BCUT2D eigenvalue weighted by Crippen LogP contribution is -2.52. The van der Waals surface area contributed by atoms with Crippen LogP contribution in [0.3, 0.4) is 0 Å². The van der Waals surface area contributed by atoms with E-state index >= 15 is 0 Å². The third-order valence-electron chi connectivity index (χ3n) is 4.25. The average Bonchev–Trinajstić information content (AvgIpc) is 2.77. The van der Waals surface area contributed by atoms with E-state index in [9.17, 15) is 21.6 Å². The summed E-state index contributed by atoms with van der Waals surface area (Å²) in [6, 6.07) is 11.6. The number of sulfonamides is 2. The second-order valence-electron chi connectivity index (χ2n) is 7.14. The van der Waals surface area contributed by atoms with Gasteiger partial charge < -0.3 is 0 Å². The Balaban J connectivity index is 2.00. The zero-order valence-electron chi connectivity index (χ0n) is 18.0. The quantitative estimate of drug-likeness (QED) is 0.224. The molecule has 0 saturated heterocycles. The summed E-state index contributed by atoms with van der Waals surface area (Å²) in [4.78, 5) is 11.9. The summed E-state index contributed by atoms with van der Waals surface area (Å²) in [5.74, 6) is -2.30. The van der Waals surface area contributed by atoms with E-state index in [2.05, 4.69) is 9.44 Å². The molecule has 14 heteroatoms. The summed E-state index contributed by atoms with van der Waals surface area (Å²) in [5, 5.41) is 9.86. The molecule has 9 nitrogen and oxygen atoms in total. The molecule has 35 heavy (non-hydrogen) atoms. The van der Waals surface area contributed by atoms with Crippen molar-refractivity contribution >= 4 is 72.9 Å². The van der Waals surface area contributed by atoms with Crippen molar-refractivity contribution in [3.05, 3.63) is 80.8 Å². The second-order valence-corrected chi connectivity index (χ2v) is 12.1. The molecule has 2 aromatic rings. The van der Waals surface area contributed by atoms with Crippen LogP contribution >= 0.6 is 34.8 Å². The highest BCUT2D eigenvalue weighted by atomic mass is 35.5. The number of nitrogens with one attached hydrogen (secondary N) is 3. The standard InChI is InChI=1S/C21H22Cl3N3O6S2/c22-17-8-6-15(7-9-17)4-2-10-34(30,31)27-20(21(28)26-29)13-25-35(32,33)14-19(24)12-16-3-1-5-18(23)11-16/h1-9,11-12,20,25,27,29H,10,13-14H2,(H,26,28). The van der Waals surface area contributed by atoms with Crippen molar-refractivity contribution in [2.24, 2.45) is 0 Å². The number of carbonyl (C=O) groups excluding carboxylic acids is 1. The maximum Gasteiger partial charge on any atom is 0.262 e. The minimum Gasteiger partial charge on any atom is -0.289 e. The van der Waals surface area contributed by atoms with Gasteiger partial charge in [-0.1, -0.05) is 71.2 Å². The van der Waals surface area contributed by atoms with Gasteiger partial charge in [-0.2, -0.15) is 0 Å². The molecule has 4 N–H and O–H groups in total. The Bertz CT molecular complexity index is 1300. The van der Waals surface area contributed by atoms with Crippen LogP contribution in [0.25, 0.3) is 12.2 Å². The highest BCUT2D eigenvalue weighted by Crippen LogP contribution is 2.16. The molecular weight excluding hydrogens is 561 g/mol. The second kappa shape index (κ2) is 13.4. The van der Waals surface area contributed by atoms with Crippen LogP contribution in [-0.4, -0.2) is 52.0 Å². The summed E-state index contributed by atoms with van der Waals surface area (Å²) in [6.07, 6.45) is 4.28. The Morgan fingerprint density at radius 2 is 1.66 bits per heavy atom. The maximum absolute atomic E-state index is 12.4. The molecule has 0 aliphatic heterocycles. The fourth-order valence-electron chi connectivity index (χ4n) is 2.68. The van der Waals surface area contributed by atoms with E-state index in [1.807, 2.05) is 0 Å². The molecule has 0 aliphatic carbocycles. The lowest BCUT2D eigenvalue weighted by molar-refractivity contribution is -0.130. The van der Waals surface area contributed by atoms with Gasteiger partial charge in [-0.05, 0) is 41.5 Å². The van der Waals surface area contributed by atoms with Gasteiger partial charge in [-0.3, -0.25) is 10.0 Å². The van der Waals surface area contributed by atoms with Crippen LogP contribution in [0.4, 0.5) is 0 Å². The predicted octanol–water partition coefficient (Wildman–Crippen LogP) is 3.00. The lowest BCUT2D eigenvalue weighted by Gasteiger charge is -2.17. The predicted molar refractivity (Wildman–Crippen MR) is 138 cm³/mol. The van der Waals surface area contributed by atoms with E-state index < -0.39 is 50.0 Å². The third kappa shape index (κ3) is 11.1. The van der Waals surface area contributed by atoms with Gasteiger partial charge in [0.05, 0.1) is 11.5 Å². The lowest BCUT2D eigenvalue weighted by atomic mass is 10.2. The first-order valence-electron chi connectivity index (χ1n) is 9.84. The smallest absolute Gasteiger partial charge is 0.262 e. The Hall–Kier alpha value is -1.96. The highest BCUT2D eigenvalue weighted by Gasteiger charge is 2.26. The molecule has 1 atom stereocenters. The number of rotatable bonds is 12. The van der Waals surface area contributed by atoms with E-state index in [1.54, 1.807) is 48.5 Å². The number of hydroxylamine groups is 1. The van der Waals surface area contributed by atoms with Gasteiger partial charge >= 0.3 is 0 Å². The van der Waals surface area contributed by atoms with Gasteiger partial charge in [0.25, 0.3) is 5.91 Å². The van der Waals surface area contributed by atoms with E-state index in [4.69, 9.17) is 40.0 Å².